The molecule has 0 aromatic rings. The summed E-state index contributed by atoms with van der Waals surface area (Å²) in [5.74, 6) is 0. The summed E-state index contributed by atoms with van der Waals surface area (Å²) in [6.07, 6.45) is 2.24. The minimum atomic E-state index is -0.0370. The average Bonchev–Trinajstić information content (AvgIpc) is 2.39. The van der Waals surface area contributed by atoms with Gasteiger partial charge in [0.1, 0.15) is 0 Å². The van der Waals surface area contributed by atoms with E-state index >= 15 is 0 Å². The van der Waals surface area contributed by atoms with Crippen LogP contribution in [-0.2, 0) is 18.9 Å². The third kappa shape index (κ3) is 23.3. The van der Waals surface area contributed by atoms with Gasteiger partial charge in [0.05, 0.1) is 26.4 Å². The molecule has 118 valence electrons. The van der Waals surface area contributed by atoms with Crippen LogP contribution >= 0.6 is 0 Å². The van der Waals surface area contributed by atoms with E-state index < -0.39 is 0 Å². The summed E-state index contributed by atoms with van der Waals surface area (Å²) in [6, 6.07) is 0. The number of unbranched alkanes of at least 4 members (excludes halogenated alkanes) is 1. The molecule has 0 aliphatic heterocycles. The van der Waals surface area contributed by atoms with Crippen molar-refractivity contribution in [3.05, 3.63) is 0 Å². The van der Waals surface area contributed by atoms with Crippen LogP contribution in [0, 0.1) is 0 Å². The van der Waals surface area contributed by atoms with E-state index in [9.17, 15) is 0 Å². The minimum absolute atomic E-state index is 0.0370. The Morgan fingerprint density at radius 2 is 1.37 bits per heavy atom. The molecule has 0 fully saturated rings. The summed E-state index contributed by atoms with van der Waals surface area (Å²) < 4.78 is 20.3. The Kier molecular flexibility index (Phi) is 22.4. The number of aliphatic hydroxyl groups is 1. The van der Waals surface area contributed by atoms with Gasteiger partial charge in [0.25, 0.3) is 0 Å². The fraction of sp³-hybridized carbons (Fsp3) is 1.00. The van der Waals surface area contributed by atoms with E-state index in [-0.39, 0.29) is 12.9 Å². The van der Waals surface area contributed by atoms with Crippen LogP contribution in [0.5, 0.6) is 0 Å². The molecule has 0 saturated heterocycles. The van der Waals surface area contributed by atoms with Gasteiger partial charge in [0, 0.05) is 19.8 Å². The van der Waals surface area contributed by atoms with Crippen molar-refractivity contribution in [2.75, 3.05) is 46.2 Å². The van der Waals surface area contributed by atoms with Gasteiger partial charge in [-0.25, -0.2) is 0 Å². The molecule has 0 radical (unpaired) electrons. The molecule has 19 heavy (non-hydrogen) atoms. The first-order chi connectivity index (χ1) is 9.22. The molecule has 0 heterocycles. The van der Waals surface area contributed by atoms with Gasteiger partial charge in [0.15, 0.2) is 6.29 Å². The summed E-state index contributed by atoms with van der Waals surface area (Å²) in [4.78, 5) is 0. The van der Waals surface area contributed by atoms with E-state index in [1.54, 1.807) is 0 Å². The molecule has 0 aromatic carbocycles. The zero-order valence-corrected chi connectivity index (χ0v) is 13.0. The monoisotopic (exact) mass is 280 g/mol. The smallest absolute Gasteiger partial charge is 0.154 e. The fourth-order valence-corrected chi connectivity index (χ4v) is 1.15. The standard InChI is InChI=1S/C8H18O3.C6H14O2/c1-2-3-5-10-7-8-11-6-4-9;1-4-7-6(3)8-5-2/h9H,2-8H2,1H3;6H,4-5H2,1-3H3. The van der Waals surface area contributed by atoms with Gasteiger partial charge >= 0.3 is 0 Å². The highest BCUT2D eigenvalue weighted by Gasteiger charge is 1.94. The predicted molar refractivity (Wildman–Crippen MR) is 76.3 cm³/mol. The van der Waals surface area contributed by atoms with Crippen molar-refractivity contribution < 1.29 is 24.1 Å². The molecule has 5 nitrogen and oxygen atoms in total. The molecular formula is C14H32O5. The second-order valence-electron chi connectivity index (χ2n) is 3.78. The molecule has 1 N–H and O–H groups in total. The topological polar surface area (TPSA) is 57.2 Å². The van der Waals surface area contributed by atoms with Crippen molar-refractivity contribution in [2.45, 2.75) is 46.8 Å². The van der Waals surface area contributed by atoms with E-state index in [2.05, 4.69) is 6.92 Å². The Bertz CT molecular complexity index is 130. The first-order valence-corrected chi connectivity index (χ1v) is 7.22. The lowest BCUT2D eigenvalue weighted by Gasteiger charge is -2.09. The Balaban J connectivity index is 0. The number of aliphatic hydroxyl groups excluding tert-OH is 1. The Labute approximate surface area is 118 Å². The quantitative estimate of drug-likeness (QED) is 0.439. The lowest BCUT2D eigenvalue weighted by atomic mass is 10.4. The van der Waals surface area contributed by atoms with Gasteiger partial charge in [-0.05, 0) is 27.2 Å². The number of hydrogen-bond donors (Lipinski definition) is 1. The lowest BCUT2D eigenvalue weighted by Crippen LogP contribution is -2.11. The molecule has 0 aliphatic rings. The first-order valence-electron chi connectivity index (χ1n) is 7.22. The Morgan fingerprint density at radius 3 is 1.79 bits per heavy atom. The van der Waals surface area contributed by atoms with Crippen LogP contribution < -0.4 is 0 Å². The van der Waals surface area contributed by atoms with Crippen LogP contribution in [0.3, 0.4) is 0 Å². The third-order valence-electron chi connectivity index (χ3n) is 2.05. The maximum Gasteiger partial charge on any atom is 0.154 e. The van der Waals surface area contributed by atoms with Crippen molar-refractivity contribution in [2.24, 2.45) is 0 Å². The van der Waals surface area contributed by atoms with Gasteiger partial charge < -0.3 is 24.1 Å². The van der Waals surface area contributed by atoms with E-state index in [4.69, 9.17) is 24.1 Å². The highest BCUT2D eigenvalue weighted by molar-refractivity contribution is 4.33. The maximum absolute atomic E-state index is 8.34. The lowest BCUT2D eigenvalue weighted by molar-refractivity contribution is -0.123. The van der Waals surface area contributed by atoms with Crippen molar-refractivity contribution in [3.63, 3.8) is 0 Å². The van der Waals surface area contributed by atoms with Crippen LogP contribution in [0.1, 0.15) is 40.5 Å². The van der Waals surface area contributed by atoms with Crippen LogP contribution in [0.15, 0.2) is 0 Å². The van der Waals surface area contributed by atoms with Crippen molar-refractivity contribution in [3.8, 4) is 0 Å². The summed E-state index contributed by atoms with van der Waals surface area (Å²) in [5, 5.41) is 8.34. The zero-order valence-electron chi connectivity index (χ0n) is 13.0. The molecule has 0 aliphatic carbocycles. The summed E-state index contributed by atoms with van der Waals surface area (Å²) in [5.41, 5.74) is 0. The summed E-state index contributed by atoms with van der Waals surface area (Å²) >= 11 is 0. The minimum Gasteiger partial charge on any atom is -0.394 e. The molecule has 0 saturated carbocycles. The van der Waals surface area contributed by atoms with Gasteiger partial charge in [-0.15, -0.1) is 0 Å². The van der Waals surface area contributed by atoms with Gasteiger partial charge in [0.2, 0.25) is 0 Å². The highest BCUT2D eigenvalue weighted by atomic mass is 16.7. The first kappa shape index (κ1) is 21.1. The molecule has 0 rings (SSSR count). The summed E-state index contributed by atoms with van der Waals surface area (Å²) in [7, 11) is 0. The van der Waals surface area contributed by atoms with Gasteiger partial charge in [-0.2, -0.15) is 0 Å². The van der Waals surface area contributed by atoms with Crippen LogP contribution in [0.2, 0.25) is 0 Å². The molecule has 0 spiro atoms. The second kappa shape index (κ2) is 20.1. The molecule has 0 bridgehead atoms. The molecule has 0 unspecified atom stereocenters. The van der Waals surface area contributed by atoms with E-state index in [1.807, 2.05) is 20.8 Å². The normalized spacial score (nSPS) is 10.4. The third-order valence-corrected chi connectivity index (χ3v) is 2.05. The average molecular weight is 280 g/mol. The molecule has 0 amide bonds. The SMILES string of the molecule is CCCCOCCOCCO.CCOC(C)OCC. The summed E-state index contributed by atoms with van der Waals surface area (Å²) in [6.45, 7) is 11.9. The van der Waals surface area contributed by atoms with Crippen LogP contribution in [-0.4, -0.2) is 57.6 Å². The van der Waals surface area contributed by atoms with Crippen LogP contribution in [0.4, 0.5) is 0 Å². The van der Waals surface area contributed by atoms with E-state index in [0.29, 0.717) is 19.8 Å². The van der Waals surface area contributed by atoms with Crippen molar-refractivity contribution in [1.82, 2.24) is 0 Å². The zero-order chi connectivity index (χ0) is 14.8. The van der Waals surface area contributed by atoms with Crippen LogP contribution in [0.25, 0.3) is 0 Å². The van der Waals surface area contributed by atoms with Crippen molar-refractivity contribution >= 4 is 0 Å². The Morgan fingerprint density at radius 1 is 0.842 bits per heavy atom. The van der Waals surface area contributed by atoms with E-state index in [0.717, 1.165) is 32.7 Å². The largest absolute Gasteiger partial charge is 0.394 e. The second-order valence-corrected chi connectivity index (χ2v) is 3.78. The highest BCUT2D eigenvalue weighted by Crippen LogP contribution is 1.90. The fourth-order valence-electron chi connectivity index (χ4n) is 1.15. The predicted octanol–water partition coefficient (Wildman–Crippen LogP) is 2.22. The maximum atomic E-state index is 8.34. The molecule has 0 aromatic heterocycles. The molecular weight excluding hydrogens is 248 g/mol. The van der Waals surface area contributed by atoms with Crippen molar-refractivity contribution in [1.29, 1.82) is 0 Å². The Hall–Kier alpha value is -0.200. The number of ether oxygens (including phenoxy) is 4. The van der Waals surface area contributed by atoms with E-state index in [1.165, 1.54) is 0 Å². The number of hydrogen-bond acceptors (Lipinski definition) is 5. The number of rotatable bonds is 12. The van der Waals surface area contributed by atoms with Gasteiger partial charge in [-0.1, -0.05) is 13.3 Å². The van der Waals surface area contributed by atoms with Gasteiger partial charge in [-0.3, -0.25) is 0 Å². The molecule has 5 heteroatoms. The molecule has 0 atom stereocenters.